The molecule has 1 aromatic carbocycles. The molecule has 21 heavy (non-hydrogen) atoms. The SMILES string of the molecule is Cc1ccc(NC(=O)CCc2c[nH]c3ccccc23)cn1. The minimum absolute atomic E-state index is 0.00549. The van der Waals surface area contributed by atoms with Crippen LogP contribution >= 0.6 is 0 Å². The van der Waals surface area contributed by atoms with Crippen LogP contribution in [0, 0.1) is 6.92 Å². The summed E-state index contributed by atoms with van der Waals surface area (Å²) in [6, 6.07) is 11.9. The van der Waals surface area contributed by atoms with Gasteiger partial charge in [0.2, 0.25) is 5.91 Å². The lowest BCUT2D eigenvalue weighted by Gasteiger charge is -2.04. The van der Waals surface area contributed by atoms with Crippen LogP contribution in [0.2, 0.25) is 0 Å². The molecule has 0 aliphatic heterocycles. The zero-order valence-corrected chi connectivity index (χ0v) is 11.9. The summed E-state index contributed by atoms with van der Waals surface area (Å²) in [5, 5.41) is 4.05. The summed E-state index contributed by atoms with van der Waals surface area (Å²) in [7, 11) is 0. The van der Waals surface area contributed by atoms with Crippen molar-refractivity contribution < 1.29 is 4.79 Å². The van der Waals surface area contributed by atoms with E-state index >= 15 is 0 Å². The molecule has 3 aromatic rings. The molecule has 0 saturated carbocycles. The highest BCUT2D eigenvalue weighted by molar-refractivity contribution is 5.91. The van der Waals surface area contributed by atoms with Gasteiger partial charge in [0.25, 0.3) is 0 Å². The smallest absolute Gasteiger partial charge is 0.224 e. The normalized spacial score (nSPS) is 10.7. The van der Waals surface area contributed by atoms with Gasteiger partial charge in [-0.1, -0.05) is 18.2 Å². The average molecular weight is 279 g/mol. The van der Waals surface area contributed by atoms with Crippen molar-refractivity contribution in [2.75, 3.05) is 5.32 Å². The number of aryl methyl sites for hydroxylation is 2. The number of amides is 1. The van der Waals surface area contributed by atoms with E-state index in [9.17, 15) is 4.79 Å². The number of benzene rings is 1. The maximum atomic E-state index is 12.0. The van der Waals surface area contributed by atoms with Gasteiger partial charge >= 0.3 is 0 Å². The lowest BCUT2D eigenvalue weighted by molar-refractivity contribution is -0.116. The van der Waals surface area contributed by atoms with Gasteiger partial charge in [-0.05, 0) is 37.1 Å². The Kier molecular flexibility index (Phi) is 3.69. The van der Waals surface area contributed by atoms with Gasteiger partial charge in [-0.15, -0.1) is 0 Å². The number of pyridine rings is 1. The number of fused-ring (bicyclic) bond motifs is 1. The van der Waals surface area contributed by atoms with Crippen molar-refractivity contribution >= 4 is 22.5 Å². The molecule has 3 rings (SSSR count). The van der Waals surface area contributed by atoms with Crippen LogP contribution in [0.15, 0.2) is 48.8 Å². The fourth-order valence-corrected chi connectivity index (χ4v) is 2.35. The van der Waals surface area contributed by atoms with E-state index in [4.69, 9.17) is 0 Å². The summed E-state index contributed by atoms with van der Waals surface area (Å²) in [6.45, 7) is 1.92. The van der Waals surface area contributed by atoms with Crippen LogP contribution in [0.3, 0.4) is 0 Å². The van der Waals surface area contributed by atoms with E-state index < -0.39 is 0 Å². The number of nitrogens with one attached hydrogen (secondary N) is 2. The second-order valence-electron chi connectivity index (χ2n) is 5.10. The lowest BCUT2D eigenvalue weighted by Crippen LogP contribution is -2.12. The third-order valence-electron chi connectivity index (χ3n) is 3.49. The van der Waals surface area contributed by atoms with Crippen molar-refractivity contribution in [1.29, 1.82) is 0 Å². The highest BCUT2D eigenvalue weighted by atomic mass is 16.1. The third-order valence-corrected chi connectivity index (χ3v) is 3.49. The Bertz CT molecular complexity index is 759. The van der Waals surface area contributed by atoms with Crippen LogP contribution < -0.4 is 5.32 Å². The Balaban J connectivity index is 1.62. The first-order valence-corrected chi connectivity index (χ1v) is 7.00. The van der Waals surface area contributed by atoms with E-state index in [0.29, 0.717) is 6.42 Å². The number of carbonyl (C=O) groups excluding carboxylic acids is 1. The molecule has 4 nitrogen and oxygen atoms in total. The molecule has 106 valence electrons. The predicted octanol–water partition coefficient (Wildman–Crippen LogP) is 3.44. The molecule has 0 bridgehead atoms. The zero-order chi connectivity index (χ0) is 14.7. The van der Waals surface area contributed by atoms with Crippen molar-refractivity contribution in [2.24, 2.45) is 0 Å². The molecule has 0 radical (unpaired) electrons. The molecular weight excluding hydrogens is 262 g/mol. The fraction of sp³-hybridized carbons (Fsp3) is 0.176. The first-order valence-electron chi connectivity index (χ1n) is 7.00. The largest absolute Gasteiger partial charge is 0.361 e. The number of H-pyrrole nitrogens is 1. The molecule has 0 unspecified atom stereocenters. The molecule has 2 aromatic heterocycles. The summed E-state index contributed by atoms with van der Waals surface area (Å²) >= 11 is 0. The van der Waals surface area contributed by atoms with Crippen molar-refractivity contribution in [1.82, 2.24) is 9.97 Å². The minimum atomic E-state index is 0.00549. The molecule has 0 spiro atoms. The van der Waals surface area contributed by atoms with E-state index in [-0.39, 0.29) is 5.91 Å². The number of para-hydroxylation sites is 1. The number of rotatable bonds is 4. The van der Waals surface area contributed by atoms with Crippen LogP contribution in [-0.2, 0) is 11.2 Å². The molecular formula is C17H17N3O. The third kappa shape index (κ3) is 3.11. The first kappa shape index (κ1) is 13.4. The first-order chi connectivity index (χ1) is 10.2. The lowest BCUT2D eigenvalue weighted by atomic mass is 10.1. The summed E-state index contributed by atoms with van der Waals surface area (Å²) < 4.78 is 0. The zero-order valence-electron chi connectivity index (χ0n) is 11.9. The van der Waals surface area contributed by atoms with Crippen molar-refractivity contribution in [3.8, 4) is 0 Å². The van der Waals surface area contributed by atoms with Crippen LogP contribution in [0.4, 0.5) is 5.69 Å². The van der Waals surface area contributed by atoms with Gasteiger partial charge in [0.1, 0.15) is 0 Å². The van der Waals surface area contributed by atoms with Crippen molar-refractivity contribution in [2.45, 2.75) is 19.8 Å². The maximum Gasteiger partial charge on any atom is 0.224 e. The Labute approximate surface area is 123 Å². The molecule has 1 amide bonds. The van der Waals surface area contributed by atoms with E-state index in [2.05, 4.69) is 21.4 Å². The predicted molar refractivity (Wildman–Crippen MR) is 84.2 cm³/mol. The van der Waals surface area contributed by atoms with Crippen molar-refractivity contribution in [3.05, 3.63) is 60.0 Å². The van der Waals surface area contributed by atoms with E-state index in [1.807, 2.05) is 43.5 Å². The number of anilines is 1. The number of carbonyl (C=O) groups is 1. The van der Waals surface area contributed by atoms with E-state index in [0.717, 1.165) is 23.3 Å². The van der Waals surface area contributed by atoms with Crippen LogP contribution in [-0.4, -0.2) is 15.9 Å². The van der Waals surface area contributed by atoms with E-state index in [1.54, 1.807) is 6.20 Å². The highest BCUT2D eigenvalue weighted by Crippen LogP contribution is 2.19. The molecule has 0 saturated heterocycles. The van der Waals surface area contributed by atoms with Crippen molar-refractivity contribution in [3.63, 3.8) is 0 Å². The molecule has 4 heteroatoms. The summed E-state index contributed by atoms with van der Waals surface area (Å²) in [4.78, 5) is 19.4. The van der Waals surface area contributed by atoms with Gasteiger partial charge in [0, 0.05) is 29.2 Å². The van der Waals surface area contributed by atoms with Gasteiger partial charge in [-0.25, -0.2) is 0 Å². The molecule has 0 aliphatic carbocycles. The number of hydrogen-bond acceptors (Lipinski definition) is 2. The number of aromatic amines is 1. The Morgan fingerprint density at radius 2 is 2.10 bits per heavy atom. The maximum absolute atomic E-state index is 12.0. The molecule has 2 N–H and O–H groups in total. The molecule has 0 fully saturated rings. The number of nitrogens with zero attached hydrogens (tertiary/aromatic N) is 1. The van der Waals surface area contributed by atoms with Gasteiger partial charge in [-0.2, -0.15) is 0 Å². The second-order valence-corrected chi connectivity index (χ2v) is 5.10. The Hall–Kier alpha value is -2.62. The van der Waals surface area contributed by atoms with Crippen LogP contribution in [0.1, 0.15) is 17.7 Å². The molecule has 2 heterocycles. The minimum Gasteiger partial charge on any atom is -0.361 e. The molecule has 0 aliphatic rings. The standard InChI is InChI=1S/C17H17N3O/c1-12-6-8-14(11-18-12)20-17(21)9-7-13-10-19-16-5-3-2-4-15(13)16/h2-6,8,10-11,19H,7,9H2,1H3,(H,20,21). The molecule has 0 atom stereocenters. The number of aromatic nitrogens is 2. The fourth-order valence-electron chi connectivity index (χ4n) is 2.35. The van der Waals surface area contributed by atoms with Gasteiger partial charge in [0.15, 0.2) is 0 Å². The Morgan fingerprint density at radius 3 is 2.90 bits per heavy atom. The number of hydrogen-bond donors (Lipinski definition) is 2. The summed E-state index contributed by atoms with van der Waals surface area (Å²) in [6.07, 6.45) is 4.83. The average Bonchev–Trinajstić information content (AvgIpc) is 2.91. The van der Waals surface area contributed by atoms with Gasteiger partial charge in [-0.3, -0.25) is 9.78 Å². The topological polar surface area (TPSA) is 57.8 Å². The van der Waals surface area contributed by atoms with Gasteiger partial charge in [0.05, 0.1) is 11.9 Å². The Morgan fingerprint density at radius 1 is 1.24 bits per heavy atom. The monoisotopic (exact) mass is 279 g/mol. The van der Waals surface area contributed by atoms with E-state index in [1.165, 1.54) is 10.9 Å². The summed E-state index contributed by atoms with van der Waals surface area (Å²) in [5.74, 6) is 0.00549. The van der Waals surface area contributed by atoms with Crippen LogP contribution in [0.5, 0.6) is 0 Å². The second kappa shape index (κ2) is 5.79. The summed E-state index contributed by atoms with van der Waals surface area (Å²) in [5.41, 5.74) is 3.95. The highest BCUT2D eigenvalue weighted by Gasteiger charge is 2.07. The van der Waals surface area contributed by atoms with Crippen LogP contribution in [0.25, 0.3) is 10.9 Å². The van der Waals surface area contributed by atoms with Gasteiger partial charge < -0.3 is 10.3 Å². The quantitative estimate of drug-likeness (QED) is 0.768.